The fourth-order valence-corrected chi connectivity index (χ4v) is 1.86. The fraction of sp³-hybridized carbons (Fsp3) is 0. The Balaban J connectivity index is 2.30. The third-order valence-electron chi connectivity index (χ3n) is 2.51. The molecule has 0 aliphatic carbocycles. The zero-order valence-corrected chi connectivity index (χ0v) is 11.5. The molecule has 1 amide bonds. The van der Waals surface area contributed by atoms with Gasteiger partial charge >= 0.3 is 0 Å². The number of hydrogen-bond acceptors (Lipinski definition) is 2. The molecule has 0 unspecified atom stereocenters. The van der Waals surface area contributed by atoms with Crippen LogP contribution in [0.25, 0.3) is 0 Å². The average molecular weight is 345 g/mol. The zero-order chi connectivity index (χ0) is 14.9. The molecule has 3 nitrogen and oxygen atoms in total. The van der Waals surface area contributed by atoms with E-state index in [9.17, 15) is 18.0 Å². The number of rotatable bonds is 2. The number of amides is 1. The molecular weight excluding hydrogens is 337 g/mol. The molecule has 0 saturated heterocycles. The van der Waals surface area contributed by atoms with Crippen molar-refractivity contribution in [2.75, 3.05) is 11.1 Å². The van der Waals surface area contributed by atoms with Gasteiger partial charge in [-0.2, -0.15) is 0 Å². The van der Waals surface area contributed by atoms with Crippen LogP contribution in [0.3, 0.4) is 0 Å². The molecule has 0 aromatic heterocycles. The molecule has 7 heteroatoms. The lowest BCUT2D eigenvalue weighted by Gasteiger charge is -2.08. The minimum Gasteiger partial charge on any atom is -0.396 e. The third-order valence-corrected chi connectivity index (χ3v) is 3.00. The van der Waals surface area contributed by atoms with Gasteiger partial charge in [0.1, 0.15) is 17.5 Å². The van der Waals surface area contributed by atoms with Gasteiger partial charge in [0.15, 0.2) is 0 Å². The standard InChI is InChI=1S/C13H8BrF3N2O/c14-6-1-2-7(8(15)3-6)13(20)19-12-5-11(18)9(16)4-10(12)17/h1-5H,18H2,(H,19,20). The number of nitrogens with one attached hydrogen (secondary N) is 1. The van der Waals surface area contributed by atoms with Crippen molar-refractivity contribution in [2.24, 2.45) is 0 Å². The molecular formula is C13H8BrF3N2O. The molecule has 0 atom stereocenters. The van der Waals surface area contributed by atoms with E-state index in [1.165, 1.54) is 12.1 Å². The van der Waals surface area contributed by atoms with Crippen LogP contribution in [0.2, 0.25) is 0 Å². The number of nitrogen functional groups attached to an aromatic ring is 1. The Bertz CT molecular complexity index is 692. The van der Waals surface area contributed by atoms with Crippen molar-refractivity contribution in [3.63, 3.8) is 0 Å². The number of carbonyl (C=O) groups excluding carboxylic acids is 1. The Labute approximate surface area is 120 Å². The minimum atomic E-state index is -0.998. The summed E-state index contributed by atoms with van der Waals surface area (Å²) >= 11 is 3.05. The summed E-state index contributed by atoms with van der Waals surface area (Å²) in [4.78, 5) is 11.8. The number of anilines is 2. The third kappa shape index (κ3) is 2.93. The molecule has 2 aromatic rings. The van der Waals surface area contributed by atoms with Gasteiger partial charge in [-0.15, -0.1) is 0 Å². The molecule has 0 spiro atoms. The largest absolute Gasteiger partial charge is 0.396 e. The summed E-state index contributed by atoms with van der Waals surface area (Å²) in [5, 5.41) is 2.14. The lowest BCUT2D eigenvalue weighted by atomic mass is 10.2. The molecule has 0 heterocycles. The Morgan fingerprint density at radius 3 is 2.40 bits per heavy atom. The van der Waals surface area contributed by atoms with Gasteiger partial charge in [0.25, 0.3) is 5.91 Å². The topological polar surface area (TPSA) is 55.1 Å². The number of benzene rings is 2. The number of nitrogens with two attached hydrogens (primary N) is 1. The quantitative estimate of drug-likeness (QED) is 0.816. The molecule has 0 radical (unpaired) electrons. The van der Waals surface area contributed by atoms with E-state index < -0.39 is 23.4 Å². The fourth-order valence-electron chi connectivity index (χ4n) is 1.52. The summed E-state index contributed by atoms with van der Waals surface area (Å²) < 4.78 is 40.5. The van der Waals surface area contributed by atoms with Crippen molar-refractivity contribution in [3.8, 4) is 0 Å². The summed E-state index contributed by atoms with van der Waals surface area (Å²) in [5.41, 5.74) is 4.37. The van der Waals surface area contributed by atoms with Crippen LogP contribution in [0.5, 0.6) is 0 Å². The average Bonchev–Trinajstić information content (AvgIpc) is 2.35. The van der Waals surface area contributed by atoms with E-state index in [-0.39, 0.29) is 16.9 Å². The number of halogens is 4. The van der Waals surface area contributed by atoms with Crippen molar-refractivity contribution in [3.05, 3.63) is 57.8 Å². The summed E-state index contributed by atoms with van der Waals surface area (Å²) in [7, 11) is 0. The Kier molecular flexibility index (Phi) is 3.99. The van der Waals surface area contributed by atoms with Gasteiger partial charge < -0.3 is 11.1 Å². The van der Waals surface area contributed by atoms with E-state index in [1.807, 2.05) is 0 Å². The zero-order valence-electron chi connectivity index (χ0n) is 9.88. The van der Waals surface area contributed by atoms with Crippen molar-refractivity contribution >= 4 is 33.2 Å². The predicted octanol–water partition coefficient (Wildman–Crippen LogP) is 3.70. The van der Waals surface area contributed by atoms with Gasteiger partial charge in [0, 0.05) is 10.5 Å². The molecule has 0 fully saturated rings. The Morgan fingerprint density at radius 2 is 1.75 bits per heavy atom. The second-order valence-corrected chi connectivity index (χ2v) is 4.85. The molecule has 0 aliphatic heterocycles. The van der Waals surface area contributed by atoms with Gasteiger partial charge in [-0.05, 0) is 24.3 Å². The van der Waals surface area contributed by atoms with Crippen LogP contribution in [-0.2, 0) is 0 Å². The maximum Gasteiger partial charge on any atom is 0.258 e. The molecule has 2 aromatic carbocycles. The minimum absolute atomic E-state index is 0.268. The highest BCUT2D eigenvalue weighted by atomic mass is 79.9. The van der Waals surface area contributed by atoms with Crippen LogP contribution in [-0.4, -0.2) is 5.91 Å². The first kappa shape index (κ1) is 14.4. The molecule has 104 valence electrons. The summed E-state index contributed by atoms with van der Waals surface area (Å²) in [6.45, 7) is 0. The lowest BCUT2D eigenvalue weighted by Crippen LogP contribution is -2.15. The first-order chi connectivity index (χ1) is 9.38. The first-order valence-corrected chi connectivity index (χ1v) is 6.18. The second kappa shape index (κ2) is 5.54. The smallest absolute Gasteiger partial charge is 0.258 e. The van der Waals surface area contributed by atoms with Crippen LogP contribution in [0.1, 0.15) is 10.4 Å². The maximum absolute atomic E-state index is 13.6. The van der Waals surface area contributed by atoms with Crippen LogP contribution < -0.4 is 11.1 Å². The van der Waals surface area contributed by atoms with Crippen molar-refractivity contribution < 1.29 is 18.0 Å². The number of hydrogen-bond donors (Lipinski definition) is 2. The molecule has 0 saturated carbocycles. The monoisotopic (exact) mass is 344 g/mol. The van der Waals surface area contributed by atoms with Crippen molar-refractivity contribution in [1.82, 2.24) is 0 Å². The first-order valence-electron chi connectivity index (χ1n) is 5.39. The van der Waals surface area contributed by atoms with Crippen LogP contribution >= 0.6 is 15.9 Å². The highest BCUT2D eigenvalue weighted by molar-refractivity contribution is 9.10. The lowest BCUT2D eigenvalue weighted by molar-refractivity contribution is 0.102. The molecule has 0 aliphatic rings. The van der Waals surface area contributed by atoms with Crippen LogP contribution in [0.15, 0.2) is 34.8 Å². The van der Waals surface area contributed by atoms with Crippen LogP contribution in [0.4, 0.5) is 24.5 Å². The number of carbonyl (C=O) groups is 1. The highest BCUT2D eigenvalue weighted by Crippen LogP contribution is 2.22. The highest BCUT2D eigenvalue weighted by Gasteiger charge is 2.15. The van der Waals surface area contributed by atoms with Gasteiger partial charge in [-0.3, -0.25) is 4.79 Å². The van der Waals surface area contributed by atoms with Crippen LogP contribution in [0, 0.1) is 17.5 Å². The molecule has 2 rings (SSSR count). The van der Waals surface area contributed by atoms with Crippen molar-refractivity contribution in [2.45, 2.75) is 0 Å². The maximum atomic E-state index is 13.6. The van der Waals surface area contributed by atoms with Gasteiger partial charge in [0.05, 0.1) is 16.9 Å². The predicted molar refractivity (Wildman–Crippen MR) is 72.8 cm³/mol. The van der Waals surface area contributed by atoms with E-state index in [2.05, 4.69) is 21.2 Å². The van der Waals surface area contributed by atoms with Gasteiger partial charge in [-0.1, -0.05) is 15.9 Å². The van der Waals surface area contributed by atoms with E-state index >= 15 is 0 Å². The Hall–Kier alpha value is -2.02. The summed E-state index contributed by atoms with van der Waals surface area (Å²) in [5.74, 6) is -3.56. The van der Waals surface area contributed by atoms with Crippen molar-refractivity contribution in [1.29, 1.82) is 0 Å². The molecule has 20 heavy (non-hydrogen) atoms. The summed E-state index contributed by atoms with van der Waals surface area (Å²) in [6.07, 6.45) is 0. The molecule has 0 bridgehead atoms. The molecule has 3 N–H and O–H groups in total. The van der Waals surface area contributed by atoms with E-state index in [0.717, 1.165) is 12.1 Å². The van der Waals surface area contributed by atoms with E-state index in [4.69, 9.17) is 5.73 Å². The SMILES string of the molecule is Nc1cc(NC(=O)c2ccc(Br)cc2F)c(F)cc1F. The van der Waals surface area contributed by atoms with Gasteiger partial charge in [0.2, 0.25) is 0 Å². The Morgan fingerprint density at radius 1 is 1.05 bits per heavy atom. The van der Waals surface area contributed by atoms with Gasteiger partial charge in [-0.25, -0.2) is 13.2 Å². The normalized spacial score (nSPS) is 10.4. The summed E-state index contributed by atoms with van der Waals surface area (Å²) in [6, 6.07) is 5.28. The second-order valence-electron chi connectivity index (χ2n) is 3.93. The van der Waals surface area contributed by atoms with E-state index in [0.29, 0.717) is 10.5 Å². The van der Waals surface area contributed by atoms with E-state index in [1.54, 1.807) is 0 Å².